The van der Waals surface area contributed by atoms with Crippen LogP contribution in [0.1, 0.15) is 5.56 Å². The van der Waals surface area contributed by atoms with Gasteiger partial charge in [-0.1, -0.05) is 24.3 Å². The Balaban J connectivity index is 2.54. The van der Waals surface area contributed by atoms with Crippen LogP contribution in [-0.4, -0.2) is 11.5 Å². The van der Waals surface area contributed by atoms with E-state index < -0.39 is 0 Å². The van der Waals surface area contributed by atoms with Gasteiger partial charge in [-0.3, -0.25) is 0 Å². The van der Waals surface area contributed by atoms with Crippen LogP contribution in [0.3, 0.4) is 0 Å². The van der Waals surface area contributed by atoms with Gasteiger partial charge in [0.25, 0.3) is 0 Å². The molecule has 0 saturated heterocycles. The van der Waals surface area contributed by atoms with Crippen molar-refractivity contribution in [3.8, 4) is 0 Å². The molecule has 0 saturated carbocycles. The number of oxazole rings is 1. The maximum atomic E-state index is 5.37. The Labute approximate surface area is 75.9 Å². The van der Waals surface area contributed by atoms with Crippen molar-refractivity contribution in [2.45, 2.75) is 0 Å². The molecule has 3 heteroatoms. The Bertz CT molecular complexity index is 431. The minimum absolute atomic E-state index is 0.536. The summed E-state index contributed by atoms with van der Waals surface area (Å²) in [5, 5.41) is 0. The second-order valence-corrected chi connectivity index (χ2v) is 2.68. The van der Waals surface area contributed by atoms with Gasteiger partial charge in [0.1, 0.15) is 5.52 Å². The first-order valence-electron chi connectivity index (χ1n) is 4.10. The highest BCUT2D eigenvalue weighted by molar-refractivity contribution is 5.82. The van der Waals surface area contributed by atoms with Gasteiger partial charge in [-0.25, -0.2) is 4.98 Å². The van der Waals surface area contributed by atoms with Crippen LogP contribution in [0.15, 0.2) is 35.1 Å². The van der Waals surface area contributed by atoms with E-state index in [-0.39, 0.29) is 0 Å². The Morgan fingerprint density at radius 3 is 3.23 bits per heavy atom. The van der Waals surface area contributed by atoms with Crippen LogP contribution < -0.4 is 5.73 Å². The molecule has 0 fully saturated rings. The quantitative estimate of drug-likeness (QED) is 0.755. The smallest absolute Gasteiger partial charge is 0.181 e. The van der Waals surface area contributed by atoms with E-state index in [2.05, 4.69) is 4.98 Å². The molecule has 0 spiro atoms. The highest BCUT2D eigenvalue weighted by atomic mass is 16.3. The zero-order chi connectivity index (χ0) is 9.10. The fourth-order valence-electron chi connectivity index (χ4n) is 1.24. The summed E-state index contributed by atoms with van der Waals surface area (Å²) in [5.74, 6) is 0. The van der Waals surface area contributed by atoms with Crippen molar-refractivity contribution in [2.75, 3.05) is 6.54 Å². The topological polar surface area (TPSA) is 52.0 Å². The summed E-state index contributed by atoms with van der Waals surface area (Å²) in [6.45, 7) is 0.536. The molecule has 0 aliphatic heterocycles. The van der Waals surface area contributed by atoms with E-state index in [1.807, 2.05) is 30.4 Å². The van der Waals surface area contributed by atoms with E-state index >= 15 is 0 Å². The molecule has 0 aliphatic carbocycles. The fraction of sp³-hybridized carbons (Fsp3) is 0.100. The summed E-state index contributed by atoms with van der Waals surface area (Å²) in [5.41, 5.74) is 8.09. The first kappa shape index (κ1) is 8.01. The van der Waals surface area contributed by atoms with Gasteiger partial charge in [0, 0.05) is 12.1 Å². The normalized spacial score (nSPS) is 11.5. The van der Waals surface area contributed by atoms with E-state index in [1.54, 1.807) is 0 Å². The minimum Gasteiger partial charge on any atom is -0.443 e. The standard InChI is InChI=1S/C10H10N2O/c11-6-2-4-8-3-1-5-9-10(8)12-7-13-9/h1-5,7H,6,11H2/b4-2+. The predicted octanol–water partition coefficient (Wildman–Crippen LogP) is 1.80. The van der Waals surface area contributed by atoms with Gasteiger partial charge in [0.2, 0.25) is 0 Å². The average molecular weight is 174 g/mol. The molecular weight excluding hydrogens is 164 g/mol. The average Bonchev–Trinajstić information content (AvgIpc) is 2.62. The highest BCUT2D eigenvalue weighted by Gasteiger charge is 2.00. The summed E-state index contributed by atoms with van der Waals surface area (Å²) in [4.78, 5) is 4.11. The third-order valence-corrected chi connectivity index (χ3v) is 1.83. The largest absolute Gasteiger partial charge is 0.443 e. The van der Waals surface area contributed by atoms with Gasteiger partial charge in [-0.2, -0.15) is 0 Å². The molecule has 0 atom stereocenters. The lowest BCUT2D eigenvalue weighted by atomic mass is 10.2. The number of fused-ring (bicyclic) bond motifs is 1. The monoisotopic (exact) mass is 174 g/mol. The van der Waals surface area contributed by atoms with Crippen LogP contribution in [0.5, 0.6) is 0 Å². The molecule has 0 unspecified atom stereocenters. The van der Waals surface area contributed by atoms with E-state index in [9.17, 15) is 0 Å². The lowest BCUT2D eigenvalue weighted by Crippen LogP contribution is -1.91. The molecule has 66 valence electrons. The van der Waals surface area contributed by atoms with Crippen molar-refractivity contribution in [3.05, 3.63) is 36.2 Å². The maximum absolute atomic E-state index is 5.37. The third kappa shape index (κ3) is 1.46. The molecule has 13 heavy (non-hydrogen) atoms. The molecule has 2 aromatic rings. The molecule has 0 radical (unpaired) electrons. The molecular formula is C10H10N2O. The van der Waals surface area contributed by atoms with Gasteiger partial charge >= 0.3 is 0 Å². The number of nitrogens with zero attached hydrogens (tertiary/aromatic N) is 1. The number of hydrogen-bond donors (Lipinski definition) is 1. The highest BCUT2D eigenvalue weighted by Crippen LogP contribution is 2.17. The molecule has 3 nitrogen and oxygen atoms in total. The number of rotatable bonds is 2. The molecule has 0 amide bonds. The Morgan fingerprint density at radius 2 is 2.38 bits per heavy atom. The lowest BCUT2D eigenvalue weighted by molar-refractivity contribution is 0.602. The molecule has 0 aliphatic rings. The van der Waals surface area contributed by atoms with Crippen LogP contribution in [0.2, 0.25) is 0 Å². The SMILES string of the molecule is NC/C=C/c1cccc2ocnc12. The molecule has 0 bridgehead atoms. The predicted molar refractivity (Wildman–Crippen MR) is 52.1 cm³/mol. The molecule has 2 N–H and O–H groups in total. The second-order valence-electron chi connectivity index (χ2n) is 2.68. The van der Waals surface area contributed by atoms with Crippen LogP contribution in [0.25, 0.3) is 17.2 Å². The van der Waals surface area contributed by atoms with E-state index in [0.29, 0.717) is 6.54 Å². The zero-order valence-electron chi connectivity index (χ0n) is 7.10. The van der Waals surface area contributed by atoms with Crippen molar-refractivity contribution >= 4 is 17.2 Å². The summed E-state index contributed by atoms with van der Waals surface area (Å²) < 4.78 is 5.16. The van der Waals surface area contributed by atoms with Crippen molar-refractivity contribution in [1.82, 2.24) is 4.98 Å². The van der Waals surface area contributed by atoms with Crippen LogP contribution in [-0.2, 0) is 0 Å². The van der Waals surface area contributed by atoms with Gasteiger partial charge in [-0.05, 0) is 6.07 Å². The number of benzene rings is 1. The zero-order valence-corrected chi connectivity index (χ0v) is 7.10. The third-order valence-electron chi connectivity index (χ3n) is 1.83. The van der Waals surface area contributed by atoms with Crippen molar-refractivity contribution in [3.63, 3.8) is 0 Å². The maximum Gasteiger partial charge on any atom is 0.181 e. The number of aromatic nitrogens is 1. The molecule has 1 aromatic heterocycles. The number of hydrogen-bond acceptors (Lipinski definition) is 3. The Kier molecular flexibility index (Phi) is 2.10. The lowest BCUT2D eigenvalue weighted by Gasteiger charge is -1.92. The van der Waals surface area contributed by atoms with Gasteiger partial charge < -0.3 is 10.2 Å². The first-order chi connectivity index (χ1) is 6.42. The first-order valence-corrected chi connectivity index (χ1v) is 4.10. The van der Waals surface area contributed by atoms with E-state index in [0.717, 1.165) is 16.7 Å². The minimum atomic E-state index is 0.536. The summed E-state index contributed by atoms with van der Waals surface area (Å²) >= 11 is 0. The molecule has 1 aromatic carbocycles. The Hall–Kier alpha value is -1.61. The van der Waals surface area contributed by atoms with Crippen molar-refractivity contribution in [2.24, 2.45) is 5.73 Å². The van der Waals surface area contributed by atoms with E-state index in [1.165, 1.54) is 6.39 Å². The van der Waals surface area contributed by atoms with E-state index in [4.69, 9.17) is 10.2 Å². The van der Waals surface area contributed by atoms with Gasteiger partial charge in [-0.15, -0.1) is 0 Å². The number of nitrogens with two attached hydrogens (primary N) is 1. The van der Waals surface area contributed by atoms with Crippen molar-refractivity contribution in [1.29, 1.82) is 0 Å². The summed E-state index contributed by atoms with van der Waals surface area (Å²) in [7, 11) is 0. The van der Waals surface area contributed by atoms with Crippen LogP contribution in [0.4, 0.5) is 0 Å². The summed E-state index contributed by atoms with van der Waals surface area (Å²) in [6.07, 6.45) is 5.29. The van der Waals surface area contributed by atoms with Crippen LogP contribution in [0, 0.1) is 0 Å². The second kappa shape index (κ2) is 3.41. The van der Waals surface area contributed by atoms with Crippen LogP contribution >= 0.6 is 0 Å². The molecule has 1 heterocycles. The number of para-hydroxylation sites is 1. The Morgan fingerprint density at radius 1 is 1.46 bits per heavy atom. The summed E-state index contributed by atoms with van der Waals surface area (Å²) in [6, 6.07) is 5.81. The van der Waals surface area contributed by atoms with Crippen molar-refractivity contribution < 1.29 is 4.42 Å². The fourth-order valence-corrected chi connectivity index (χ4v) is 1.24. The molecule has 2 rings (SSSR count). The van der Waals surface area contributed by atoms with Gasteiger partial charge in [0.05, 0.1) is 0 Å². The van der Waals surface area contributed by atoms with Gasteiger partial charge in [0.15, 0.2) is 12.0 Å².